The number of aliphatic carboxylic acids is 1. The Morgan fingerprint density at radius 1 is 1.08 bits per heavy atom. The third-order valence-corrected chi connectivity index (χ3v) is 10.1. The van der Waals surface area contributed by atoms with Crippen LogP contribution in [0.5, 0.6) is 0 Å². The molecule has 2 aromatic heterocycles. The maximum absolute atomic E-state index is 12.5. The van der Waals surface area contributed by atoms with Crippen molar-refractivity contribution in [2.45, 2.75) is 48.4 Å². The standard InChI is InChI=1S/C19H31N8O17P3S/c20-8(1-2-11(29)30)16(32)23-4-3-22-10(28)6-40-14-13(31)9(5-41-46(36,37)44-47(38,39)43-45(33,34)35)42-18(14)27-7-24-12-15(27)25-19(21)26-17(12)48/h7-9,13-14,18,31H,1-6,20H2,(H,22,28)(H,23,32)(H,29,30)(H,36,37)(H,38,39)(H2,33,34,35)(H3,21,25,26,48)/t8?,9-,13+,14?,18-/m1/s1. The maximum Gasteiger partial charge on any atom is 0.490 e. The van der Waals surface area contributed by atoms with E-state index in [1.165, 1.54) is 10.9 Å². The monoisotopic (exact) mass is 768 g/mol. The number of carbonyl (C=O) groups is 3. The normalized spacial score (nSPS) is 22.9. The second kappa shape index (κ2) is 16.4. The molecular weight excluding hydrogens is 737 g/mol. The highest BCUT2D eigenvalue weighted by Crippen LogP contribution is 2.66. The van der Waals surface area contributed by atoms with Gasteiger partial charge in [0.2, 0.25) is 17.8 Å². The fraction of sp³-hybridized carbons (Fsp3) is 0.579. The SMILES string of the molecule is Nc1nc(S)c2ncn([C@@H]3O[C@H](COP(=O)(O)OP(=O)(O)OP(=O)(O)O)[C@H](O)C3OCC(=O)NCCNC(=O)C(N)CCC(=O)O)c2n1. The predicted octanol–water partition coefficient (Wildman–Crippen LogP) is -2.89. The number of phosphoric ester groups is 1. The number of nitrogen functional groups attached to an aromatic ring is 1. The third-order valence-electron chi connectivity index (χ3n) is 5.98. The van der Waals surface area contributed by atoms with Gasteiger partial charge in [0.15, 0.2) is 11.9 Å². The van der Waals surface area contributed by atoms with E-state index < -0.39 is 85.0 Å². The minimum absolute atomic E-state index is 0.0218. The Morgan fingerprint density at radius 2 is 1.75 bits per heavy atom. The Balaban J connectivity index is 1.68. The minimum atomic E-state index is -5.83. The van der Waals surface area contributed by atoms with E-state index >= 15 is 0 Å². The number of ether oxygens (including phenoxy) is 2. The lowest BCUT2D eigenvalue weighted by molar-refractivity contribution is -0.137. The molecule has 48 heavy (non-hydrogen) atoms. The van der Waals surface area contributed by atoms with Crippen LogP contribution in [0.2, 0.25) is 0 Å². The van der Waals surface area contributed by atoms with Crippen LogP contribution in [-0.4, -0.2) is 118 Å². The summed E-state index contributed by atoms with van der Waals surface area (Å²) in [6.45, 7) is -1.98. The topological polar surface area (TPSA) is 390 Å². The van der Waals surface area contributed by atoms with E-state index in [0.29, 0.717) is 0 Å². The number of anilines is 1. The van der Waals surface area contributed by atoms with Crippen molar-refractivity contribution < 1.29 is 80.5 Å². The molecule has 29 heteroatoms. The number of thiol groups is 1. The van der Waals surface area contributed by atoms with Gasteiger partial charge in [0.1, 0.15) is 35.5 Å². The summed E-state index contributed by atoms with van der Waals surface area (Å²) in [5.74, 6) is -2.74. The lowest BCUT2D eigenvalue weighted by Gasteiger charge is -2.22. The van der Waals surface area contributed by atoms with E-state index in [-0.39, 0.29) is 48.1 Å². The van der Waals surface area contributed by atoms with Gasteiger partial charge in [-0.15, -0.1) is 12.6 Å². The van der Waals surface area contributed by atoms with Crippen LogP contribution in [0.1, 0.15) is 19.1 Å². The molecular formula is C19H31N8O17P3S. The third kappa shape index (κ3) is 11.8. The number of hydrogen-bond donors (Lipinski definition) is 11. The second-order valence-electron chi connectivity index (χ2n) is 9.63. The zero-order chi connectivity index (χ0) is 36.0. The van der Waals surface area contributed by atoms with Gasteiger partial charge in [0, 0.05) is 19.5 Å². The van der Waals surface area contributed by atoms with Gasteiger partial charge in [-0.3, -0.25) is 23.5 Å². The molecule has 2 amide bonds. The molecule has 25 nitrogen and oxygen atoms in total. The number of aliphatic hydroxyl groups excluding tert-OH is 1. The quantitative estimate of drug-likeness (QED) is 0.0314. The van der Waals surface area contributed by atoms with Crippen LogP contribution in [0.25, 0.3) is 11.2 Å². The average Bonchev–Trinajstić information content (AvgIpc) is 3.50. The molecule has 0 bridgehead atoms. The number of carbonyl (C=O) groups excluding carboxylic acids is 2. The number of amides is 2. The first-order chi connectivity index (χ1) is 22.2. The van der Waals surface area contributed by atoms with Crippen LogP contribution in [0.3, 0.4) is 0 Å². The van der Waals surface area contributed by atoms with Crippen LogP contribution < -0.4 is 22.1 Å². The summed E-state index contributed by atoms with van der Waals surface area (Å²) in [6, 6.07) is -1.08. The van der Waals surface area contributed by atoms with Crippen molar-refractivity contribution in [3.63, 3.8) is 0 Å². The summed E-state index contributed by atoms with van der Waals surface area (Å²) in [5.41, 5.74) is 11.5. The fourth-order valence-electron chi connectivity index (χ4n) is 3.99. The Hall–Kier alpha value is -2.64. The van der Waals surface area contributed by atoms with Crippen molar-refractivity contribution in [2.75, 3.05) is 32.0 Å². The summed E-state index contributed by atoms with van der Waals surface area (Å²) < 4.78 is 59.1. The van der Waals surface area contributed by atoms with Crippen molar-refractivity contribution in [2.24, 2.45) is 5.73 Å². The van der Waals surface area contributed by atoms with Gasteiger partial charge in [-0.25, -0.2) is 23.7 Å². The zero-order valence-corrected chi connectivity index (χ0v) is 27.7. The summed E-state index contributed by atoms with van der Waals surface area (Å²) in [7, 11) is -17.1. The van der Waals surface area contributed by atoms with Gasteiger partial charge in [-0.2, -0.15) is 13.6 Å². The number of imidazole rings is 1. The number of aliphatic hydroxyl groups is 1. The molecule has 2 aromatic rings. The fourth-order valence-corrected chi connectivity index (χ4v) is 7.28. The van der Waals surface area contributed by atoms with E-state index in [2.05, 4.69) is 51.4 Å². The number of hydrogen-bond acceptors (Lipinski definition) is 18. The van der Waals surface area contributed by atoms with Gasteiger partial charge in [-0.05, 0) is 6.42 Å². The lowest BCUT2D eigenvalue weighted by Crippen LogP contribution is -2.44. The molecule has 0 spiro atoms. The first-order valence-electron chi connectivity index (χ1n) is 13.1. The minimum Gasteiger partial charge on any atom is -0.481 e. The van der Waals surface area contributed by atoms with Gasteiger partial charge in [0.25, 0.3) is 0 Å². The largest absolute Gasteiger partial charge is 0.490 e. The molecule has 0 aliphatic carbocycles. The molecule has 1 saturated heterocycles. The molecule has 3 rings (SSSR count). The Morgan fingerprint density at radius 3 is 2.40 bits per heavy atom. The van der Waals surface area contributed by atoms with Gasteiger partial charge >= 0.3 is 29.4 Å². The summed E-state index contributed by atoms with van der Waals surface area (Å²) in [5, 5.41) is 24.6. The number of phosphoric acid groups is 3. The molecule has 0 aromatic carbocycles. The number of fused-ring (bicyclic) bond motifs is 1. The van der Waals surface area contributed by atoms with Gasteiger partial charge < -0.3 is 61.4 Å². The zero-order valence-electron chi connectivity index (χ0n) is 24.1. The van der Waals surface area contributed by atoms with Crippen molar-refractivity contribution >= 4 is 71.0 Å². The van der Waals surface area contributed by atoms with Crippen LogP contribution in [0, 0.1) is 0 Å². The molecule has 0 radical (unpaired) electrons. The van der Waals surface area contributed by atoms with Crippen molar-refractivity contribution in [3.05, 3.63) is 6.33 Å². The molecule has 1 aliphatic rings. The van der Waals surface area contributed by atoms with E-state index in [1.807, 2.05) is 0 Å². The van der Waals surface area contributed by atoms with E-state index in [9.17, 15) is 43.0 Å². The van der Waals surface area contributed by atoms with Crippen LogP contribution in [-0.2, 0) is 50.7 Å². The van der Waals surface area contributed by atoms with Crippen LogP contribution in [0.4, 0.5) is 5.95 Å². The van der Waals surface area contributed by atoms with Crippen molar-refractivity contribution in [1.29, 1.82) is 0 Å². The lowest BCUT2D eigenvalue weighted by atomic mass is 10.1. The molecule has 1 fully saturated rings. The van der Waals surface area contributed by atoms with E-state index in [0.717, 1.165) is 0 Å². The smallest absolute Gasteiger partial charge is 0.481 e. The van der Waals surface area contributed by atoms with Crippen LogP contribution in [0.15, 0.2) is 11.4 Å². The number of rotatable bonds is 18. The van der Waals surface area contributed by atoms with Gasteiger partial charge in [-0.1, -0.05) is 0 Å². The number of carboxylic acid groups (broad SMARTS) is 1. The number of nitrogens with zero attached hydrogens (tertiary/aromatic N) is 4. The molecule has 270 valence electrons. The Kier molecular flexibility index (Phi) is 13.6. The van der Waals surface area contributed by atoms with Crippen molar-refractivity contribution in [1.82, 2.24) is 30.2 Å². The Bertz CT molecular complexity index is 1640. The molecule has 4 unspecified atom stereocenters. The summed E-state index contributed by atoms with van der Waals surface area (Å²) in [6.07, 6.45) is -5.49. The highest BCUT2D eigenvalue weighted by molar-refractivity contribution is 7.80. The second-order valence-corrected chi connectivity index (χ2v) is 14.5. The van der Waals surface area contributed by atoms with Gasteiger partial charge in [0.05, 0.1) is 19.0 Å². The predicted molar refractivity (Wildman–Crippen MR) is 157 cm³/mol. The Labute approximate surface area is 274 Å². The van der Waals surface area contributed by atoms with Crippen LogP contribution >= 0.6 is 36.1 Å². The average molecular weight is 768 g/mol. The molecule has 3 heterocycles. The maximum atomic E-state index is 12.5. The van der Waals surface area contributed by atoms with E-state index in [4.69, 9.17) is 35.8 Å². The molecule has 0 saturated carbocycles. The summed E-state index contributed by atoms with van der Waals surface area (Å²) in [4.78, 5) is 83.6. The summed E-state index contributed by atoms with van der Waals surface area (Å²) >= 11 is 4.18. The number of carboxylic acids is 1. The number of nitrogens with one attached hydrogen (secondary N) is 2. The first kappa shape index (κ1) is 39.8. The number of aromatic nitrogens is 4. The highest BCUT2D eigenvalue weighted by Gasteiger charge is 2.48. The molecule has 7 atom stereocenters. The van der Waals surface area contributed by atoms with Crippen molar-refractivity contribution in [3.8, 4) is 0 Å². The van der Waals surface area contributed by atoms with E-state index in [1.54, 1.807) is 0 Å². The molecule has 1 aliphatic heterocycles. The first-order valence-corrected chi connectivity index (χ1v) is 18.1. The highest BCUT2D eigenvalue weighted by atomic mass is 32.1. The number of nitrogens with two attached hydrogens (primary N) is 2. The molecule has 12 N–H and O–H groups in total.